The van der Waals surface area contributed by atoms with Crippen LogP contribution in [-0.4, -0.2) is 23.2 Å². The Morgan fingerprint density at radius 3 is 2.88 bits per heavy atom. The molecule has 0 unspecified atom stereocenters. The van der Waals surface area contributed by atoms with Gasteiger partial charge in [-0.15, -0.1) is 10.2 Å². The number of aromatic nitrogens is 1. The Hall–Kier alpha value is -3.67. The van der Waals surface area contributed by atoms with Crippen molar-refractivity contribution in [2.45, 2.75) is 0 Å². The smallest absolute Gasteiger partial charge is 0.330 e. The normalized spacial score (nSPS) is 13.7. The van der Waals surface area contributed by atoms with Gasteiger partial charge in [-0.1, -0.05) is 24.3 Å². The highest BCUT2D eigenvalue weighted by Crippen LogP contribution is 2.27. The molecule has 0 aliphatic carbocycles. The number of azo groups is 1. The quantitative estimate of drug-likeness (QED) is 0.565. The summed E-state index contributed by atoms with van der Waals surface area (Å²) in [6.07, 6.45) is 4.79. The Kier molecular flexibility index (Phi) is 3.85. The molecule has 0 radical (unpaired) electrons. The van der Waals surface area contributed by atoms with Crippen LogP contribution in [0.3, 0.4) is 0 Å². The van der Waals surface area contributed by atoms with E-state index in [9.17, 15) is 9.90 Å². The van der Waals surface area contributed by atoms with Crippen LogP contribution in [0.4, 0.5) is 5.69 Å². The minimum Gasteiger partial charge on any atom is -0.494 e. The van der Waals surface area contributed by atoms with Gasteiger partial charge in [0.25, 0.3) is 0 Å². The fourth-order valence-electron chi connectivity index (χ4n) is 2.90. The van der Waals surface area contributed by atoms with Crippen LogP contribution in [0.25, 0.3) is 22.7 Å². The summed E-state index contributed by atoms with van der Waals surface area (Å²) in [4.78, 5) is 14.2. The summed E-state index contributed by atoms with van der Waals surface area (Å²) < 4.78 is 4.58. The van der Waals surface area contributed by atoms with Crippen molar-refractivity contribution in [2.75, 3.05) is 7.11 Å². The second-order valence-electron chi connectivity index (χ2n) is 5.80. The van der Waals surface area contributed by atoms with E-state index in [1.807, 2.05) is 48.5 Å². The van der Waals surface area contributed by atoms with Crippen LogP contribution < -0.4 is 10.4 Å². The van der Waals surface area contributed by atoms with Gasteiger partial charge in [0.1, 0.15) is 0 Å². The average molecular weight is 345 g/mol. The first-order chi connectivity index (χ1) is 12.7. The van der Waals surface area contributed by atoms with Gasteiger partial charge in [0.05, 0.1) is 18.5 Å². The fourth-order valence-corrected chi connectivity index (χ4v) is 2.90. The molecule has 2 aromatic carbocycles. The summed E-state index contributed by atoms with van der Waals surface area (Å²) in [6.45, 7) is 0. The number of ether oxygens (including phenoxy) is 1. The Bertz CT molecular complexity index is 1200. The second kappa shape index (κ2) is 6.33. The van der Waals surface area contributed by atoms with Crippen LogP contribution in [0.5, 0.6) is 5.88 Å². The number of benzene rings is 2. The molecule has 0 saturated heterocycles. The first kappa shape index (κ1) is 15.8. The third kappa shape index (κ3) is 2.77. The van der Waals surface area contributed by atoms with E-state index < -0.39 is 5.97 Å². The second-order valence-corrected chi connectivity index (χ2v) is 5.80. The van der Waals surface area contributed by atoms with Crippen molar-refractivity contribution in [3.05, 3.63) is 70.6 Å². The van der Waals surface area contributed by atoms with Gasteiger partial charge in [-0.25, -0.2) is 4.79 Å². The van der Waals surface area contributed by atoms with Gasteiger partial charge in [-0.05, 0) is 35.6 Å². The topological polar surface area (TPSA) is 87.0 Å². The van der Waals surface area contributed by atoms with Crippen molar-refractivity contribution < 1.29 is 14.6 Å². The number of nitrogens with zero attached hydrogens (tertiary/aromatic N) is 2. The number of rotatable bonds is 3. The number of carbonyl (C=O) groups is 1. The molecule has 0 bridgehead atoms. The van der Waals surface area contributed by atoms with Gasteiger partial charge in [0.2, 0.25) is 0 Å². The van der Waals surface area contributed by atoms with Crippen LogP contribution in [0, 0.1) is 0 Å². The third-order valence-electron chi connectivity index (χ3n) is 4.18. The first-order valence-electron chi connectivity index (χ1n) is 7.99. The van der Waals surface area contributed by atoms with Gasteiger partial charge in [-0.2, -0.15) is 0 Å². The summed E-state index contributed by atoms with van der Waals surface area (Å²) in [5.41, 5.74) is 2.92. The molecular weight excluding hydrogens is 330 g/mol. The minimum absolute atomic E-state index is 0.126. The Labute approximate surface area is 148 Å². The SMILES string of the molecule is COC(=O)C=CC1=c2ccc(=Cc3c(O)[nH]c4ccccc34)cc2N=N1. The van der Waals surface area contributed by atoms with Crippen molar-refractivity contribution in [3.63, 3.8) is 0 Å². The van der Waals surface area contributed by atoms with E-state index >= 15 is 0 Å². The summed E-state index contributed by atoms with van der Waals surface area (Å²) in [6, 6.07) is 13.4. The molecule has 0 amide bonds. The van der Waals surface area contributed by atoms with Crippen molar-refractivity contribution in [3.8, 4) is 5.88 Å². The highest BCUT2D eigenvalue weighted by Gasteiger charge is 2.09. The lowest BCUT2D eigenvalue weighted by Crippen LogP contribution is -2.08. The number of nitrogens with one attached hydrogen (secondary N) is 1. The van der Waals surface area contributed by atoms with E-state index in [0.717, 1.165) is 26.9 Å². The van der Waals surface area contributed by atoms with Crippen molar-refractivity contribution >= 4 is 34.3 Å². The molecule has 0 spiro atoms. The van der Waals surface area contributed by atoms with Crippen LogP contribution in [0.15, 0.2) is 64.8 Å². The molecule has 0 fully saturated rings. The number of hydrogen-bond acceptors (Lipinski definition) is 5. The molecule has 4 rings (SSSR count). The van der Waals surface area contributed by atoms with Gasteiger partial charge < -0.3 is 14.8 Å². The van der Waals surface area contributed by atoms with E-state index in [4.69, 9.17) is 0 Å². The number of fused-ring (bicyclic) bond motifs is 2. The molecule has 3 aromatic rings. The third-order valence-corrected chi connectivity index (χ3v) is 4.18. The number of hydrogen-bond donors (Lipinski definition) is 2. The zero-order chi connectivity index (χ0) is 18.1. The maximum atomic E-state index is 11.2. The molecule has 2 N–H and O–H groups in total. The van der Waals surface area contributed by atoms with E-state index in [2.05, 4.69) is 19.9 Å². The van der Waals surface area contributed by atoms with Gasteiger partial charge in [0.15, 0.2) is 5.88 Å². The molecule has 6 nitrogen and oxygen atoms in total. The Morgan fingerprint density at radius 1 is 1.19 bits per heavy atom. The van der Waals surface area contributed by atoms with E-state index in [0.29, 0.717) is 11.4 Å². The monoisotopic (exact) mass is 345 g/mol. The predicted octanol–water partition coefficient (Wildman–Crippen LogP) is 2.64. The average Bonchev–Trinajstić information content (AvgIpc) is 3.20. The number of esters is 1. The number of carbonyl (C=O) groups excluding carboxylic acids is 1. The van der Waals surface area contributed by atoms with Gasteiger partial charge in [0, 0.05) is 27.8 Å². The maximum Gasteiger partial charge on any atom is 0.330 e. The molecular formula is C20H15N3O3. The summed E-state index contributed by atoms with van der Waals surface area (Å²) >= 11 is 0. The number of aromatic amines is 1. The number of aromatic hydroxyl groups is 1. The molecule has 128 valence electrons. The van der Waals surface area contributed by atoms with E-state index in [1.165, 1.54) is 13.2 Å². The van der Waals surface area contributed by atoms with E-state index in [-0.39, 0.29) is 5.88 Å². The number of H-pyrrole nitrogens is 1. The lowest BCUT2D eigenvalue weighted by Gasteiger charge is -1.94. The zero-order valence-corrected chi connectivity index (χ0v) is 13.9. The van der Waals surface area contributed by atoms with Gasteiger partial charge >= 0.3 is 5.97 Å². The van der Waals surface area contributed by atoms with Crippen LogP contribution in [-0.2, 0) is 9.53 Å². The van der Waals surface area contributed by atoms with Crippen LogP contribution >= 0.6 is 0 Å². The highest BCUT2D eigenvalue weighted by molar-refractivity contribution is 5.91. The van der Waals surface area contributed by atoms with Crippen LogP contribution in [0.1, 0.15) is 5.56 Å². The summed E-state index contributed by atoms with van der Waals surface area (Å²) in [5.74, 6) is -0.317. The Morgan fingerprint density at radius 2 is 2.04 bits per heavy atom. The fraction of sp³-hybridized carbons (Fsp3) is 0.0500. The molecule has 26 heavy (non-hydrogen) atoms. The molecule has 1 aliphatic rings. The number of methoxy groups -OCH3 is 1. The van der Waals surface area contributed by atoms with Crippen molar-refractivity contribution in [2.24, 2.45) is 10.2 Å². The number of para-hydroxylation sites is 1. The first-order valence-corrected chi connectivity index (χ1v) is 7.99. The molecule has 6 heteroatoms. The lowest BCUT2D eigenvalue weighted by atomic mass is 10.1. The van der Waals surface area contributed by atoms with E-state index in [1.54, 1.807) is 6.08 Å². The minimum atomic E-state index is -0.444. The summed E-state index contributed by atoms with van der Waals surface area (Å²) in [5, 5.41) is 21.1. The zero-order valence-electron chi connectivity index (χ0n) is 13.9. The van der Waals surface area contributed by atoms with Crippen molar-refractivity contribution in [1.82, 2.24) is 4.98 Å². The largest absolute Gasteiger partial charge is 0.494 e. The maximum absolute atomic E-state index is 11.2. The molecule has 0 atom stereocenters. The Balaban J connectivity index is 1.79. The predicted molar refractivity (Wildman–Crippen MR) is 98.3 cm³/mol. The molecule has 0 saturated carbocycles. The lowest BCUT2D eigenvalue weighted by molar-refractivity contribution is -0.134. The molecule has 2 heterocycles. The van der Waals surface area contributed by atoms with Crippen LogP contribution in [0.2, 0.25) is 0 Å². The van der Waals surface area contributed by atoms with Crippen molar-refractivity contribution in [1.29, 1.82) is 0 Å². The standard InChI is InChI=1S/C20H15N3O3/c1-26-19(24)9-8-17-14-7-6-12(11-18(14)23-22-17)10-15-13-4-2-3-5-16(13)21-20(15)25/h2-11,21,25H,1H3. The molecule has 1 aromatic heterocycles. The molecule has 1 aliphatic heterocycles. The van der Waals surface area contributed by atoms with Gasteiger partial charge in [-0.3, -0.25) is 0 Å². The highest BCUT2D eigenvalue weighted by atomic mass is 16.5. The summed E-state index contributed by atoms with van der Waals surface area (Å²) in [7, 11) is 1.32.